The van der Waals surface area contributed by atoms with Crippen molar-refractivity contribution < 1.29 is 14.1 Å². The average molecular weight is 382 g/mol. The fraction of sp³-hybridized carbons (Fsp3) is 0.278. The van der Waals surface area contributed by atoms with Crippen LogP contribution in [0.5, 0.6) is 0 Å². The van der Waals surface area contributed by atoms with Gasteiger partial charge in [-0.15, -0.1) is 0 Å². The molecule has 3 aromatic rings. The topological polar surface area (TPSA) is 111 Å². The zero-order valence-electron chi connectivity index (χ0n) is 15.2. The molecule has 0 aromatic carbocycles. The molecular weight excluding hydrogens is 364 g/mol. The lowest BCUT2D eigenvalue weighted by molar-refractivity contribution is -0.402. The van der Waals surface area contributed by atoms with Gasteiger partial charge in [-0.1, -0.05) is 0 Å². The van der Waals surface area contributed by atoms with E-state index >= 15 is 0 Å². The number of aryl methyl sites for hydroxylation is 1. The Morgan fingerprint density at radius 1 is 1.11 bits per heavy atom. The summed E-state index contributed by atoms with van der Waals surface area (Å²) in [5, 5.41) is 10.7. The largest absolute Gasteiger partial charge is 0.433 e. The van der Waals surface area contributed by atoms with Gasteiger partial charge >= 0.3 is 5.88 Å². The molecule has 10 heteroatoms. The monoisotopic (exact) mass is 382 g/mol. The van der Waals surface area contributed by atoms with Crippen molar-refractivity contribution in [3.05, 3.63) is 64.4 Å². The summed E-state index contributed by atoms with van der Waals surface area (Å²) >= 11 is 0. The number of carbonyl (C=O) groups is 1. The van der Waals surface area contributed by atoms with Gasteiger partial charge in [0.05, 0.1) is 6.07 Å². The lowest BCUT2D eigenvalue weighted by atomic mass is 10.2. The molecule has 4 heterocycles. The van der Waals surface area contributed by atoms with E-state index in [1.807, 2.05) is 42.1 Å². The Kier molecular flexibility index (Phi) is 4.52. The summed E-state index contributed by atoms with van der Waals surface area (Å²) in [5.74, 6) is 1.46. The molecule has 0 radical (unpaired) electrons. The molecule has 1 aliphatic heterocycles. The van der Waals surface area contributed by atoms with E-state index in [0.717, 1.165) is 11.6 Å². The number of aromatic nitrogens is 3. The van der Waals surface area contributed by atoms with Gasteiger partial charge in [-0.25, -0.2) is 9.97 Å². The Bertz CT molecular complexity index is 1010. The minimum absolute atomic E-state index is 0.0204. The molecule has 144 valence electrons. The molecule has 0 spiro atoms. The van der Waals surface area contributed by atoms with Gasteiger partial charge in [-0.3, -0.25) is 14.9 Å². The predicted molar refractivity (Wildman–Crippen MR) is 99.6 cm³/mol. The van der Waals surface area contributed by atoms with Crippen molar-refractivity contribution in [2.75, 3.05) is 31.1 Å². The van der Waals surface area contributed by atoms with Gasteiger partial charge in [-0.2, -0.15) is 0 Å². The highest BCUT2D eigenvalue weighted by Gasteiger charge is 2.26. The van der Waals surface area contributed by atoms with E-state index in [0.29, 0.717) is 32.0 Å². The lowest BCUT2D eigenvalue weighted by Crippen LogP contribution is -2.49. The second-order valence-electron chi connectivity index (χ2n) is 6.40. The number of rotatable bonds is 4. The third-order valence-corrected chi connectivity index (χ3v) is 4.55. The summed E-state index contributed by atoms with van der Waals surface area (Å²) in [6, 6.07) is 8.31. The number of carbonyl (C=O) groups excluding carboxylic acids is 1. The van der Waals surface area contributed by atoms with Crippen LogP contribution in [0.4, 0.5) is 11.7 Å². The highest BCUT2D eigenvalue weighted by atomic mass is 16.6. The van der Waals surface area contributed by atoms with Crippen LogP contribution in [-0.4, -0.2) is 56.4 Å². The van der Waals surface area contributed by atoms with Crippen LogP contribution in [0.15, 0.2) is 47.1 Å². The summed E-state index contributed by atoms with van der Waals surface area (Å²) in [6.45, 7) is 3.97. The Balaban J connectivity index is 1.45. The Morgan fingerprint density at radius 2 is 1.79 bits per heavy atom. The van der Waals surface area contributed by atoms with E-state index in [-0.39, 0.29) is 11.7 Å². The maximum absolute atomic E-state index is 12.5. The van der Waals surface area contributed by atoms with Crippen LogP contribution < -0.4 is 4.90 Å². The number of hydrogen-bond acceptors (Lipinski definition) is 7. The minimum atomic E-state index is -0.658. The molecule has 0 saturated carbocycles. The molecule has 1 fully saturated rings. The minimum Gasteiger partial charge on any atom is -0.395 e. The molecule has 28 heavy (non-hydrogen) atoms. The van der Waals surface area contributed by atoms with Gasteiger partial charge in [0.2, 0.25) is 0 Å². The molecule has 1 saturated heterocycles. The van der Waals surface area contributed by atoms with Gasteiger partial charge in [-0.05, 0) is 25.1 Å². The standard InChI is InChI=1S/C18H18N6O4/c1-13-19-15(21-6-2-3-7-21)12-16(20-13)22-8-10-23(11-9-22)18(25)14-4-5-17(28-14)24(26)27/h2-7,12H,8-11H2,1H3. The second kappa shape index (κ2) is 7.14. The first-order valence-corrected chi connectivity index (χ1v) is 8.79. The lowest BCUT2D eigenvalue weighted by Gasteiger charge is -2.35. The van der Waals surface area contributed by atoms with Crippen molar-refractivity contribution in [1.82, 2.24) is 19.4 Å². The Morgan fingerprint density at radius 3 is 2.43 bits per heavy atom. The fourth-order valence-electron chi connectivity index (χ4n) is 3.15. The quantitative estimate of drug-likeness (QED) is 0.501. The van der Waals surface area contributed by atoms with Gasteiger partial charge in [0, 0.05) is 44.6 Å². The van der Waals surface area contributed by atoms with Gasteiger partial charge in [0.1, 0.15) is 22.4 Å². The van der Waals surface area contributed by atoms with Crippen LogP contribution in [0.3, 0.4) is 0 Å². The number of nitro groups is 1. The van der Waals surface area contributed by atoms with Crippen LogP contribution in [0, 0.1) is 17.0 Å². The highest BCUT2D eigenvalue weighted by Crippen LogP contribution is 2.20. The Labute approximate surface area is 160 Å². The smallest absolute Gasteiger partial charge is 0.395 e. The van der Waals surface area contributed by atoms with Crippen LogP contribution in [0.25, 0.3) is 5.82 Å². The van der Waals surface area contributed by atoms with E-state index < -0.39 is 10.8 Å². The first-order chi connectivity index (χ1) is 13.5. The average Bonchev–Trinajstić information content (AvgIpc) is 3.39. The van der Waals surface area contributed by atoms with Gasteiger partial charge in [0.25, 0.3) is 5.91 Å². The van der Waals surface area contributed by atoms with E-state index in [9.17, 15) is 14.9 Å². The second-order valence-corrected chi connectivity index (χ2v) is 6.40. The molecule has 0 unspecified atom stereocenters. The zero-order chi connectivity index (χ0) is 19.7. The number of nitrogens with zero attached hydrogens (tertiary/aromatic N) is 6. The van der Waals surface area contributed by atoms with Crippen molar-refractivity contribution in [2.24, 2.45) is 0 Å². The molecule has 10 nitrogen and oxygen atoms in total. The molecular formula is C18H18N6O4. The number of amides is 1. The molecule has 0 N–H and O–H groups in total. The molecule has 4 rings (SSSR count). The summed E-state index contributed by atoms with van der Waals surface area (Å²) in [6.07, 6.45) is 3.84. The van der Waals surface area contributed by atoms with Gasteiger partial charge < -0.3 is 18.8 Å². The van der Waals surface area contributed by atoms with Crippen LogP contribution >= 0.6 is 0 Å². The normalized spacial score (nSPS) is 14.3. The van der Waals surface area contributed by atoms with E-state index in [1.54, 1.807) is 4.90 Å². The SMILES string of the molecule is Cc1nc(N2CCN(C(=O)c3ccc([N+](=O)[O-])o3)CC2)cc(-n2cccc2)n1. The predicted octanol–water partition coefficient (Wildman–Crippen LogP) is 2.04. The summed E-state index contributed by atoms with van der Waals surface area (Å²) in [5.41, 5.74) is 0. The maximum atomic E-state index is 12.5. The van der Waals surface area contributed by atoms with Crippen molar-refractivity contribution >= 4 is 17.6 Å². The van der Waals surface area contributed by atoms with Crippen LogP contribution in [0.2, 0.25) is 0 Å². The molecule has 1 aliphatic rings. The third-order valence-electron chi connectivity index (χ3n) is 4.55. The van der Waals surface area contributed by atoms with Crippen molar-refractivity contribution in [3.8, 4) is 5.82 Å². The summed E-state index contributed by atoms with van der Waals surface area (Å²) in [4.78, 5) is 35.3. The van der Waals surface area contributed by atoms with E-state index in [4.69, 9.17) is 4.42 Å². The van der Waals surface area contributed by atoms with Gasteiger partial charge in [0.15, 0.2) is 5.76 Å². The molecule has 0 atom stereocenters. The molecule has 3 aromatic heterocycles. The molecule has 0 aliphatic carbocycles. The number of anilines is 1. The van der Waals surface area contributed by atoms with Crippen LogP contribution in [-0.2, 0) is 0 Å². The molecule has 0 bridgehead atoms. The van der Waals surface area contributed by atoms with Crippen molar-refractivity contribution in [1.29, 1.82) is 0 Å². The zero-order valence-corrected chi connectivity index (χ0v) is 15.2. The summed E-state index contributed by atoms with van der Waals surface area (Å²) in [7, 11) is 0. The number of piperazine rings is 1. The highest BCUT2D eigenvalue weighted by molar-refractivity contribution is 5.92. The first kappa shape index (κ1) is 17.7. The fourth-order valence-corrected chi connectivity index (χ4v) is 3.15. The third kappa shape index (κ3) is 3.43. The van der Waals surface area contributed by atoms with Crippen molar-refractivity contribution in [2.45, 2.75) is 6.92 Å². The number of furan rings is 1. The maximum Gasteiger partial charge on any atom is 0.433 e. The van der Waals surface area contributed by atoms with E-state index in [2.05, 4.69) is 14.9 Å². The van der Waals surface area contributed by atoms with Crippen molar-refractivity contribution in [3.63, 3.8) is 0 Å². The first-order valence-electron chi connectivity index (χ1n) is 8.79. The van der Waals surface area contributed by atoms with E-state index in [1.165, 1.54) is 12.1 Å². The van der Waals surface area contributed by atoms with Crippen LogP contribution in [0.1, 0.15) is 16.4 Å². The number of hydrogen-bond donors (Lipinski definition) is 0. The summed E-state index contributed by atoms with van der Waals surface area (Å²) < 4.78 is 6.94. The Hall–Kier alpha value is -3.69. The molecule has 1 amide bonds.